The molecule has 0 spiro atoms. The van der Waals surface area contributed by atoms with Crippen LogP contribution in [0.4, 0.5) is 0 Å². The van der Waals surface area contributed by atoms with Gasteiger partial charge < -0.3 is 15.9 Å². The normalized spacial score (nSPS) is 13.8. The van der Waals surface area contributed by atoms with Crippen molar-refractivity contribution in [2.24, 2.45) is 5.73 Å². The molecule has 1 atom stereocenters. The molecule has 0 aliphatic heterocycles. The molecule has 0 rings (SSSR count). The minimum absolute atomic E-state index is 0.0894. The van der Waals surface area contributed by atoms with Crippen LogP contribution in [0, 0.1) is 0 Å². The number of carbonyl (C=O) groups is 3. The summed E-state index contributed by atoms with van der Waals surface area (Å²) in [6.45, 7) is 2.08. The number of hydrogen-bond acceptors (Lipinski definition) is 4. The van der Waals surface area contributed by atoms with E-state index in [1.54, 1.807) is 0 Å². The van der Waals surface area contributed by atoms with Gasteiger partial charge in [0.2, 0.25) is 0 Å². The van der Waals surface area contributed by atoms with Gasteiger partial charge in [0.05, 0.1) is 0 Å². The summed E-state index contributed by atoms with van der Waals surface area (Å²) in [4.78, 5) is 33.4. The fraction of sp³-hybridized carbons (Fsp3) is 0.769. The fourth-order valence-electron chi connectivity index (χ4n) is 1.78. The number of Topliss-reactive ketones (excluding diaryl/α,β-unsaturated/α-hetero) is 1. The lowest BCUT2D eigenvalue weighted by molar-refractivity contribution is -0.149. The molecule has 0 heterocycles. The standard InChI is InChI=1S/C13H23NO5/c1-2-3-4-5-6-7-10(15)13(14,12(18)19)9-8-11(16)17/h2-9,14H2,1H3,(H,16,17)(H,18,19)/t13-/m1/s1. The Hall–Kier alpha value is -1.43. The van der Waals surface area contributed by atoms with Gasteiger partial charge in [0.1, 0.15) is 0 Å². The first-order valence-electron chi connectivity index (χ1n) is 6.62. The van der Waals surface area contributed by atoms with Gasteiger partial charge in [0.15, 0.2) is 11.3 Å². The van der Waals surface area contributed by atoms with Crippen LogP contribution in [0.2, 0.25) is 0 Å². The Morgan fingerprint density at radius 1 is 1.00 bits per heavy atom. The predicted octanol–water partition coefficient (Wildman–Crippen LogP) is 1.56. The van der Waals surface area contributed by atoms with E-state index in [0.717, 1.165) is 25.7 Å². The van der Waals surface area contributed by atoms with Gasteiger partial charge in [-0.2, -0.15) is 0 Å². The molecule has 0 bridgehead atoms. The van der Waals surface area contributed by atoms with Crippen molar-refractivity contribution in [3.05, 3.63) is 0 Å². The van der Waals surface area contributed by atoms with Gasteiger partial charge in [-0.15, -0.1) is 0 Å². The number of ketones is 1. The molecule has 19 heavy (non-hydrogen) atoms. The van der Waals surface area contributed by atoms with E-state index in [-0.39, 0.29) is 12.8 Å². The summed E-state index contributed by atoms with van der Waals surface area (Å²) >= 11 is 0. The first-order valence-corrected chi connectivity index (χ1v) is 6.62. The maximum Gasteiger partial charge on any atom is 0.331 e. The molecule has 0 radical (unpaired) electrons. The highest BCUT2D eigenvalue weighted by molar-refractivity contribution is 6.07. The summed E-state index contributed by atoms with van der Waals surface area (Å²) in [6.07, 6.45) is 3.92. The molecule has 0 saturated heterocycles. The van der Waals surface area contributed by atoms with E-state index in [4.69, 9.17) is 15.9 Å². The van der Waals surface area contributed by atoms with Gasteiger partial charge in [0.25, 0.3) is 0 Å². The van der Waals surface area contributed by atoms with Crippen LogP contribution in [0.15, 0.2) is 0 Å². The fourth-order valence-corrected chi connectivity index (χ4v) is 1.78. The number of unbranched alkanes of at least 4 members (excludes halogenated alkanes) is 4. The van der Waals surface area contributed by atoms with Crippen molar-refractivity contribution in [2.75, 3.05) is 0 Å². The molecular weight excluding hydrogens is 250 g/mol. The van der Waals surface area contributed by atoms with E-state index in [9.17, 15) is 14.4 Å². The number of carboxylic acid groups (broad SMARTS) is 2. The van der Waals surface area contributed by atoms with E-state index >= 15 is 0 Å². The Morgan fingerprint density at radius 2 is 1.58 bits per heavy atom. The average molecular weight is 273 g/mol. The second-order valence-corrected chi connectivity index (χ2v) is 4.76. The van der Waals surface area contributed by atoms with Crippen LogP contribution in [0.3, 0.4) is 0 Å². The summed E-state index contributed by atoms with van der Waals surface area (Å²) < 4.78 is 0. The SMILES string of the molecule is CCCCCCCC(=O)[C@](N)(CCC(=O)O)C(=O)O. The Kier molecular flexibility index (Phi) is 7.98. The first kappa shape index (κ1) is 17.6. The Morgan fingerprint density at radius 3 is 2.05 bits per heavy atom. The molecule has 6 nitrogen and oxygen atoms in total. The number of nitrogens with two attached hydrogens (primary N) is 1. The summed E-state index contributed by atoms with van der Waals surface area (Å²) in [5.74, 6) is -3.20. The highest BCUT2D eigenvalue weighted by Gasteiger charge is 2.41. The number of carboxylic acids is 2. The van der Waals surface area contributed by atoms with Gasteiger partial charge in [-0.25, -0.2) is 4.79 Å². The van der Waals surface area contributed by atoms with Crippen LogP contribution in [0.1, 0.15) is 58.3 Å². The maximum absolute atomic E-state index is 11.9. The average Bonchev–Trinajstić information content (AvgIpc) is 2.35. The molecule has 4 N–H and O–H groups in total. The smallest absolute Gasteiger partial charge is 0.331 e. The topological polar surface area (TPSA) is 118 Å². The van der Waals surface area contributed by atoms with Crippen LogP contribution >= 0.6 is 0 Å². The van der Waals surface area contributed by atoms with Crippen molar-refractivity contribution in [3.8, 4) is 0 Å². The molecule has 0 aliphatic rings. The van der Waals surface area contributed by atoms with Gasteiger partial charge >= 0.3 is 11.9 Å². The van der Waals surface area contributed by atoms with Crippen LogP contribution in [-0.2, 0) is 14.4 Å². The monoisotopic (exact) mass is 273 g/mol. The Labute approximate surface area is 113 Å². The Bertz CT molecular complexity index is 329. The molecule has 0 saturated carbocycles. The second kappa shape index (κ2) is 8.63. The van der Waals surface area contributed by atoms with Gasteiger partial charge in [-0.1, -0.05) is 32.6 Å². The lowest BCUT2D eigenvalue weighted by Crippen LogP contribution is -2.55. The number of hydrogen-bond donors (Lipinski definition) is 3. The second-order valence-electron chi connectivity index (χ2n) is 4.76. The van der Waals surface area contributed by atoms with Gasteiger partial charge in [-0.3, -0.25) is 9.59 Å². The van der Waals surface area contributed by atoms with Crippen molar-refractivity contribution >= 4 is 17.7 Å². The summed E-state index contributed by atoms with van der Waals surface area (Å²) in [5, 5.41) is 17.6. The highest BCUT2D eigenvalue weighted by Crippen LogP contribution is 2.16. The van der Waals surface area contributed by atoms with Crippen molar-refractivity contribution in [1.29, 1.82) is 0 Å². The van der Waals surface area contributed by atoms with Gasteiger partial charge in [0, 0.05) is 12.8 Å². The summed E-state index contributed by atoms with van der Waals surface area (Å²) in [5.41, 5.74) is 3.49. The maximum atomic E-state index is 11.9. The lowest BCUT2D eigenvalue weighted by Gasteiger charge is -2.22. The number of rotatable bonds is 11. The lowest BCUT2D eigenvalue weighted by atomic mass is 9.87. The summed E-state index contributed by atoms with van der Waals surface area (Å²) in [6, 6.07) is 0. The Balaban J connectivity index is 4.32. The van der Waals surface area contributed by atoms with E-state index in [2.05, 4.69) is 6.92 Å². The minimum Gasteiger partial charge on any atom is -0.481 e. The van der Waals surface area contributed by atoms with Crippen molar-refractivity contribution in [2.45, 2.75) is 63.8 Å². The van der Waals surface area contributed by atoms with Crippen LogP contribution in [0.25, 0.3) is 0 Å². The van der Waals surface area contributed by atoms with Crippen molar-refractivity contribution < 1.29 is 24.6 Å². The number of aliphatic carboxylic acids is 2. The summed E-state index contributed by atoms with van der Waals surface area (Å²) in [7, 11) is 0. The van der Waals surface area contributed by atoms with E-state index < -0.39 is 29.7 Å². The van der Waals surface area contributed by atoms with Crippen LogP contribution in [0.5, 0.6) is 0 Å². The third kappa shape index (κ3) is 6.33. The molecule has 0 aromatic heterocycles. The molecule has 0 aromatic rings. The predicted molar refractivity (Wildman–Crippen MR) is 69.8 cm³/mol. The first-order chi connectivity index (χ1) is 8.84. The molecule has 6 heteroatoms. The zero-order chi connectivity index (χ0) is 14.9. The van der Waals surface area contributed by atoms with E-state index in [1.807, 2.05) is 0 Å². The zero-order valence-electron chi connectivity index (χ0n) is 11.4. The van der Waals surface area contributed by atoms with E-state index in [0.29, 0.717) is 6.42 Å². The van der Waals surface area contributed by atoms with E-state index in [1.165, 1.54) is 0 Å². The van der Waals surface area contributed by atoms with Crippen LogP contribution in [-0.4, -0.2) is 33.5 Å². The molecule has 0 aromatic carbocycles. The van der Waals surface area contributed by atoms with Crippen molar-refractivity contribution in [3.63, 3.8) is 0 Å². The van der Waals surface area contributed by atoms with Crippen molar-refractivity contribution in [1.82, 2.24) is 0 Å². The quantitative estimate of drug-likeness (QED) is 0.388. The zero-order valence-corrected chi connectivity index (χ0v) is 11.4. The van der Waals surface area contributed by atoms with Crippen LogP contribution < -0.4 is 5.73 Å². The number of carbonyl (C=O) groups excluding carboxylic acids is 1. The third-order valence-corrected chi connectivity index (χ3v) is 3.12. The van der Waals surface area contributed by atoms with Gasteiger partial charge in [-0.05, 0) is 12.8 Å². The molecule has 0 amide bonds. The largest absolute Gasteiger partial charge is 0.481 e. The third-order valence-electron chi connectivity index (χ3n) is 3.12. The molecule has 0 fully saturated rings. The molecule has 0 aliphatic carbocycles. The molecule has 110 valence electrons. The minimum atomic E-state index is -2.07. The molecule has 0 unspecified atom stereocenters. The molecular formula is C13H23NO5. The highest BCUT2D eigenvalue weighted by atomic mass is 16.4.